The summed E-state index contributed by atoms with van der Waals surface area (Å²) in [7, 11) is 0. The van der Waals surface area contributed by atoms with Gasteiger partial charge in [0.05, 0.1) is 12.1 Å². The molecule has 0 spiro atoms. The quantitative estimate of drug-likeness (QED) is 0.223. The molecule has 2 heterocycles. The lowest BCUT2D eigenvalue weighted by Crippen LogP contribution is -2.46. The molecule has 3 aliphatic rings. The molecule has 5 aromatic rings. The Labute approximate surface area is 252 Å². The first kappa shape index (κ1) is 25.4. The van der Waals surface area contributed by atoms with Crippen LogP contribution in [0, 0.1) is 0 Å². The molecular formula is C39H30N4. The van der Waals surface area contributed by atoms with Gasteiger partial charge in [0.1, 0.15) is 6.33 Å². The summed E-state index contributed by atoms with van der Waals surface area (Å²) in [6, 6.07) is 36.6. The van der Waals surface area contributed by atoms with E-state index in [2.05, 4.69) is 145 Å². The second-order valence-corrected chi connectivity index (χ2v) is 11.2. The standard InChI is InChI=1S/C39H30N4/c1-3-13-27(14-4-1)29-23-30(28-15-5-2-6-16-28)25-31(24-29)38-40-26-41-39(42-38)43-36-21-11-9-19-34(36)32-17-7-8-18-33(32)35-20-10-12-22-37(35)43/h1-26,34-37H. The first-order chi connectivity index (χ1) is 21.3. The molecule has 0 amide bonds. The summed E-state index contributed by atoms with van der Waals surface area (Å²) in [6.07, 6.45) is 19.5. The van der Waals surface area contributed by atoms with E-state index in [4.69, 9.17) is 15.0 Å². The predicted octanol–water partition coefficient (Wildman–Crippen LogP) is 8.55. The molecule has 2 aliphatic carbocycles. The second-order valence-electron chi connectivity index (χ2n) is 11.2. The van der Waals surface area contributed by atoms with Crippen LogP contribution in [-0.2, 0) is 0 Å². The zero-order valence-electron chi connectivity index (χ0n) is 23.6. The second kappa shape index (κ2) is 10.8. The van der Waals surface area contributed by atoms with Crippen molar-refractivity contribution < 1.29 is 0 Å². The van der Waals surface area contributed by atoms with Crippen LogP contribution in [0.4, 0.5) is 5.95 Å². The van der Waals surface area contributed by atoms with Gasteiger partial charge in [-0.2, -0.15) is 4.98 Å². The fourth-order valence-corrected chi connectivity index (χ4v) is 6.78. The average molecular weight is 555 g/mol. The Morgan fingerprint density at radius 1 is 0.465 bits per heavy atom. The number of hydrogen-bond acceptors (Lipinski definition) is 4. The van der Waals surface area contributed by atoms with Crippen molar-refractivity contribution in [3.05, 3.63) is 169 Å². The molecule has 0 bridgehead atoms. The molecule has 4 nitrogen and oxygen atoms in total. The lowest BCUT2D eigenvalue weighted by molar-refractivity contribution is 0.559. The van der Waals surface area contributed by atoms with Crippen LogP contribution >= 0.6 is 0 Å². The topological polar surface area (TPSA) is 41.9 Å². The van der Waals surface area contributed by atoms with Crippen molar-refractivity contribution >= 4 is 5.95 Å². The predicted molar refractivity (Wildman–Crippen MR) is 175 cm³/mol. The number of nitrogens with zero attached hydrogens (tertiary/aromatic N) is 4. The summed E-state index contributed by atoms with van der Waals surface area (Å²) >= 11 is 0. The van der Waals surface area contributed by atoms with Gasteiger partial charge in [-0.25, -0.2) is 9.97 Å². The molecule has 0 saturated carbocycles. The average Bonchev–Trinajstić information content (AvgIpc) is 3.22. The van der Waals surface area contributed by atoms with Crippen molar-refractivity contribution in [2.45, 2.75) is 23.9 Å². The van der Waals surface area contributed by atoms with Gasteiger partial charge in [0.2, 0.25) is 5.95 Å². The van der Waals surface area contributed by atoms with Crippen molar-refractivity contribution in [2.75, 3.05) is 4.90 Å². The van der Waals surface area contributed by atoms with Crippen LogP contribution in [-0.4, -0.2) is 27.0 Å². The summed E-state index contributed by atoms with van der Waals surface area (Å²) in [4.78, 5) is 17.2. The highest BCUT2D eigenvalue weighted by atomic mass is 15.3. The van der Waals surface area contributed by atoms with Crippen LogP contribution in [0.25, 0.3) is 33.6 Å². The van der Waals surface area contributed by atoms with Gasteiger partial charge in [-0.15, -0.1) is 0 Å². The lowest BCUT2D eigenvalue weighted by atomic mass is 9.82. The van der Waals surface area contributed by atoms with E-state index in [9.17, 15) is 0 Å². The Hall–Kier alpha value is -5.35. The molecule has 206 valence electrons. The fourth-order valence-electron chi connectivity index (χ4n) is 6.78. The summed E-state index contributed by atoms with van der Waals surface area (Å²) < 4.78 is 0. The summed E-state index contributed by atoms with van der Waals surface area (Å²) in [5.74, 6) is 1.74. The van der Waals surface area contributed by atoms with Gasteiger partial charge in [-0.1, -0.05) is 134 Å². The maximum absolute atomic E-state index is 5.21. The number of rotatable bonds is 4. The van der Waals surface area contributed by atoms with Gasteiger partial charge >= 0.3 is 0 Å². The number of hydrogen-bond donors (Lipinski definition) is 0. The number of anilines is 1. The molecule has 4 aromatic carbocycles. The Morgan fingerprint density at radius 3 is 1.51 bits per heavy atom. The van der Waals surface area contributed by atoms with E-state index in [1.54, 1.807) is 6.33 Å². The molecule has 0 N–H and O–H groups in total. The van der Waals surface area contributed by atoms with Gasteiger partial charge < -0.3 is 4.90 Å². The van der Waals surface area contributed by atoms with Gasteiger partial charge in [0.25, 0.3) is 0 Å². The van der Waals surface area contributed by atoms with Crippen LogP contribution < -0.4 is 4.90 Å². The SMILES string of the molecule is C1=CC2c3ccccc3C3C=CC=CC3N(c3ncnc(-c4cc(-c5ccccc5)cc(-c5ccccc5)c4)n3)C2C=C1. The van der Waals surface area contributed by atoms with Gasteiger partial charge in [-0.3, -0.25) is 0 Å². The van der Waals surface area contributed by atoms with Crippen LogP contribution in [0.5, 0.6) is 0 Å². The third-order valence-electron chi connectivity index (χ3n) is 8.76. The maximum atomic E-state index is 5.21. The van der Waals surface area contributed by atoms with Crippen molar-refractivity contribution in [3.8, 4) is 33.6 Å². The number of benzene rings is 4. The Balaban J connectivity index is 1.27. The smallest absolute Gasteiger partial charge is 0.229 e. The zero-order chi connectivity index (χ0) is 28.6. The van der Waals surface area contributed by atoms with Gasteiger partial charge in [0.15, 0.2) is 5.82 Å². The maximum Gasteiger partial charge on any atom is 0.229 e. The number of aromatic nitrogens is 3. The monoisotopic (exact) mass is 554 g/mol. The lowest BCUT2D eigenvalue weighted by Gasteiger charge is -2.39. The van der Waals surface area contributed by atoms with Crippen LogP contribution in [0.15, 0.2) is 158 Å². The van der Waals surface area contributed by atoms with E-state index < -0.39 is 0 Å². The molecular weight excluding hydrogens is 524 g/mol. The zero-order valence-corrected chi connectivity index (χ0v) is 23.6. The van der Waals surface area contributed by atoms with Crippen molar-refractivity contribution in [3.63, 3.8) is 0 Å². The molecule has 4 unspecified atom stereocenters. The molecule has 1 aliphatic heterocycles. The number of fused-ring (bicyclic) bond motifs is 5. The van der Waals surface area contributed by atoms with Crippen molar-refractivity contribution in [2.24, 2.45) is 0 Å². The minimum Gasteiger partial charge on any atom is -0.326 e. The Bertz CT molecular complexity index is 1790. The molecule has 0 saturated heterocycles. The molecule has 8 rings (SSSR count). The Kier molecular flexibility index (Phi) is 6.38. The van der Waals surface area contributed by atoms with Crippen molar-refractivity contribution in [1.82, 2.24) is 15.0 Å². The third kappa shape index (κ3) is 4.61. The van der Waals surface area contributed by atoms with Crippen LogP contribution in [0.3, 0.4) is 0 Å². The third-order valence-corrected chi connectivity index (χ3v) is 8.76. The van der Waals surface area contributed by atoms with E-state index in [-0.39, 0.29) is 23.9 Å². The molecule has 4 heteroatoms. The van der Waals surface area contributed by atoms with E-state index in [0.29, 0.717) is 11.8 Å². The normalized spacial score (nSPS) is 21.5. The van der Waals surface area contributed by atoms with Crippen LogP contribution in [0.1, 0.15) is 23.0 Å². The highest BCUT2D eigenvalue weighted by Gasteiger charge is 2.41. The van der Waals surface area contributed by atoms with E-state index in [1.165, 1.54) is 11.1 Å². The highest BCUT2D eigenvalue weighted by Crippen LogP contribution is 2.44. The van der Waals surface area contributed by atoms with Crippen LogP contribution in [0.2, 0.25) is 0 Å². The molecule has 0 fully saturated rings. The fraction of sp³-hybridized carbons (Fsp3) is 0.103. The number of allylic oxidation sites excluding steroid dienone is 4. The van der Waals surface area contributed by atoms with E-state index >= 15 is 0 Å². The van der Waals surface area contributed by atoms with Gasteiger partial charge in [0, 0.05) is 17.4 Å². The summed E-state index contributed by atoms with van der Waals surface area (Å²) in [5.41, 5.74) is 8.27. The molecule has 0 radical (unpaired) electrons. The minimum absolute atomic E-state index is 0.0723. The molecule has 43 heavy (non-hydrogen) atoms. The van der Waals surface area contributed by atoms with E-state index in [1.807, 2.05) is 12.1 Å². The molecule has 1 aromatic heterocycles. The van der Waals surface area contributed by atoms with E-state index in [0.717, 1.165) is 27.8 Å². The first-order valence-corrected chi connectivity index (χ1v) is 14.9. The summed E-state index contributed by atoms with van der Waals surface area (Å²) in [6.45, 7) is 0. The summed E-state index contributed by atoms with van der Waals surface area (Å²) in [5, 5.41) is 0. The minimum atomic E-state index is 0.0723. The van der Waals surface area contributed by atoms with Gasteiger partial charge in [-0.05, 0) is 51.6 Å². The highest BCUT2D eigenvalue weighted by molar-refractivity contribution is 5.79. The largest absolute Gasteiger partial charge is 0.326 e. The van der Waals surface area contributed by atoms with Crippen molar-refractivity contribution in [1.29, 1.82) is 0 Å². The molecule has 4 atom stereocenters. The first-order valence-electron chi connectivity index (χ1n) is 14.9. The Morgan fingerprint density at radius 2 is 0.953 bits per heavy atom.